The lowest BCUT2D eigenvalue weighted by Gasteiger charge is -2.21. The first kappa shape index (κ1) is 17.2. The van der Waals surface area contributed by atoms with E-state index in [-0.39, 0.29) is 5.91 Å². The molecule has 0 aliphatic carbocycles. The maximum absolute atomic E-state index is 13.1. The molecule has 25 heavy (non-hydrogen) atoms. The van der Waals surface area contributed by atoms with Crippen molar-refractivity contribution in [2.45, 2.75) is 0 Å². The van der Waals surface area contributed by atoms with Gasteiger partial charge in [0.05, 0.1) is 25.5 Å². The predicted octanol–water partition coefficient (Wildman–Crippen LogP) is 4.29. The van der Waals surface area contributed by atoms with Gasteiger partial charge < -0.3 is 14.4 Å². The van der Waals surface area contributed by atoms with Crippen LogP contribution in [0.5, 0.6) is 11.5 Å². The molecule has 5 nitrogen and oxygen atoms in total. The number of hydrogen-bond donors (Lipinski definition) is 0. The molecule has 0 saturated carbocycles. The van der Waals surface area contributed by atoms with Crippen LogP contribution < -0.4 is 14.4 Å². The van der Waals surface area contributed by atoms with Gasteiger partial charge in [0.2, 0.25) is 0 Å². The van der Waals surface area contributed by atoms with Crippen molar-refractivity contribution in [3.05, 3.63) is 58.8 Å². The SMILES string of the molecule is COc1cc(Br)c(C(=O)N(C)c2cccc3cnccc23)cc1OC. The number of ether oxygens (including phenoxy) is 2. The summed E-state index contributed by atoms with van der Waals surface area (Å²) >= 11 is 3.45. The Labute approximate surface area is 154 Å². The van der Waals surface area contributed by atoms with Crippen LogP contribution in [0.15, 0.2) is 53.3 Å². The first-order chi connectivity index (χ1) is 12.1. The number of carbonyl (C=O) groups excluding carboxylic acids is 1. The zero-order chi connectivity index (χ0) is 18.0. The Morgan fingerprint density at radius 2 is 1.84 bits per heavy atom. The molecule has 0 atom stereocenters. The number of amides is 1. The summed E-state index contributed by atoms with van der Waals surface area (Å²) in [6.07, 6.45) is 3.50. The summed E-state index contributed by atoms with van der Waals surface area (Å²) in [6, 6.07) is 11.1. The van der Waals surface area contributed by atoms with Crippen molar-refractivity contribution in [1.82, 2.24) is 4.98 Å². The molecule has 1 aromatic heterocycles. The van der Waals surface area contributed by atoms with Crippen molar-refractivity contribution >= 4 is 38.3 Å². The van der Waals surface area contributed by atoms with Crippen molar-refractivity contribution in [3.63, 3.8) is 0 Å². The molecule has 1 heterocycles. The first-order valence-corrected chi connectivity index (χ1v) is 8.38. The van der Waals surface area contributed by atoms with Crippen LogP contribution in [0.1, 0.15) is 10.4 Å². The Hall–Kier alpha value is -2.60. The van der Waals surface area contributed by atoms with Crippen molar-refractivity contribution in [2.75, 3.05) is 26.2 Å². The molecule has 3 rings (SSSR count). The van der Waals surface area contributed by atoms with Crippen LogP contribution in [0.3, 0.4) is 0 Å². The van der Waals surface area contributed by atoms with E-state index in [0.717, 1.165) is 16.5 Å². The summed E-state index contributed by atoms with van der Waals surface area (Å²) in [7, 11) is 4.85. The average Bonchev–Trinajstić information content (AvgIpc) is 2.66. The molecule has 1 amide bonds. The van der Waals surface area contributed by atoms with E-state index in [9.17, 15) is 4.79 Å². The number of halogens is 1. The third-order valence-electron chi connectivity index (χ3n) is 4.03. The lowest BCUT2D eigenvalue weighted by molar-refractivity contribution is 0.0992. The number of benzene rings is 2. The van der Waals surface area contributed by atoms with Gasteiger partial charge in [0.15, 0.2) is 11.5 Å². The molecule has 0 bridgehead atoms. The van der Waals surface area contributed by atoms with Gasteiger partial charge in [-0.2, -0.15) is 0 Å². The maximum Gasteiger partial charge on any atom is 0.259 e. The fraction of sp³-hybridized carbons (Fsp3) is 0.158. The third kappa shape index (κ3) is 3.17. The zero-order valence-corrected chi connectivity index (χ0v) is 15.7. The minimum atomic E-state index is -0.155. The molecular formula is C19H17BrN2O3. The van der Waals surface area contributed by atoms with Gasteiger partial charge in [-0.05, 0) is 40.2 Å². The number of pyridine rings is 1. The Morgan fingerprint density at radius 3 is 2.56 bits per heavy atom. The maximum atomic E-state index is 13.1. The monoisotopic (exact) mass is 400 g/mol. The molecule has 0 saturated heterocycles. The second-order valence-electron chi connectivity index (χ2n) is 5.43. The molecule has 0 aliphatic rings. The number of hydrogen-bond acceptors (Lipinski definition) is 4. The van der Waals surface area contributed by atoms with Gasteiger partial charge >= 0.3 is 0 Å². The van der Waals surface area contributed by atoms with E-state index in [1.807, 2.05) is 24.3 Å². The largest absolute Gasteiger partial charge is 0.493 e. The normalized spacial score (nSPS) is 10.6. The van der Waals surface area contributed by atoms with Gasteiger partial charge in [0.25, 0.3) is 5.91 Å². The van der Waals surface area contributed by atoms with Crippen LogP contribution in [0.4, 0.5) is 5.69 Å². The summed E-state index contributed by atoms with van der Waals surface area (Å²) in [5.74, 6) is 0.909. The first-order valence-electron chi connectivity index (χ1n) is 7.59. The van der Waals surface area contributed by atoms with Crippen molar-refractivity contribution < 1.29 is 14.3 Å². The Kier molecular flexibility index (Phi) is 4.90. The molecule has 3 aromatic rings. The van der Waals surface area contributed by atoms with Crippen molar-refractivity contribution in [3.8, 4) is 11.5 Å². The highest BCUT2D eigenvalue weighted by Gasteiger charge is 2.20. The van der Waals surface area contributed by atoms with E-state index in [1.165, 1.54) is 0 Å². The minimum Gasteiger partial charge on any atom is -0.493 e. The van der Waals surface area contributed by atoms with Crippen LogP contribution in [0, 0.1) is 0 Å². The predicted molar refractivity (Wildman–Crippen MR) is 102 cm³/mol. The molecule has 0 spiro atoms. The lowest BCUT2D eigenvalue weighted by atomic mass is 10.1. The number of methoxy groups -OCH3 is 2. The number of anilines is 1. The van der Waals surface area contributed by atoms with Gasteiger partial charge in [0.1, 0.15) is 0 Å². The average molecular weight is 401 g/mol. The molecule has 0 fully saturated rings. The van der Waals surface area contributed by atoms with Crippen LogP contribution in [0.25, 0.3) is 10.8 Å². The lowest BCUT2D eigenvalue weighted by Crippen LogP contribution is -2.26. The summed E-state index contributed by atoms with van der Waals surface area (Å²) in [6.45, 7) is 0. The topological polar surface area (TPSA) is 51.7 Å². The van der Waals surface area contributed by atoms with Gasteiger partial charge in [-0.1, -0.05) is 12.1 Å². The Morgan fingerprint density at radius 1 is 1.12 bits per heavy atom. The minimum absolute atomic E-state index is 0.155. The zero-order valence-electron chi connectivity index (χ0n) is 14.1. The van der Waals surface area contributed by atoms with Gasteiger partial charge in [0, 0.05) is 34.7 Å². The highest BCUT2D eigenvalue weighted by molar-refractivity contribution is 9.10. The van der Waals surface area contributed by atoms with Crippen LogP contribution in [0.2, 0.25) is 0 Å². The number of fused-ring (bicyclic) bond motifs is 1. The van der Waals surface area contributed by atoms with E-state index in [2.05, 4.69) is 20.9 Å². The van der Waals surface area contributed by atoms with E-state index in [0.29, 0.717) is 21.5 Å². The van der Waals surface area contributed by atoms with Gasteiger partial charge in [-0.15, -0.1) is 0 Å². The van der Waals surface area contributed by atoms with Gasteiger partial charge in [-0.25, -0.2) is 0 Å². The molecular weight excluding hydrogens is 384 g/mol. The standard InChI is InChI=1S/C19H17BrN2O3/c1-22(16-6-4-5-12-11-21-8-7-13(12)16)19(23)14-9-17(24-2)18(25-3)10-15(14)20/h4-11H,1-3H3. The second-order valence-corrected chi connectivity index (χ2v) is 6.28. The van der Waals surface area contributed by atoms with Crippen molar-refractivity contribution in [1.29, 1.82) is 0 Å². The number of aromatic nitrogens is 1. The molecule has 2 aromatic carbocycles. The van der Waals surface area contributed by atoms with E-state index in [4.69, 9.17) is 9.47 Å². The van der Waals surface area contributed by atoms with Gasteiger partial charge in [-0.3, -0.25) is 9.78 Å². The van der Waals surface area contributed by atoms with Crippen LogP contribution >= 0.6 is 15.9 Å². The Balaban J connectivity index is 2.06. The highest BCUT2D eigenvalue weighted by Crippen LogP contribution is 2.35. The summed E-state index contributed by atoms with van der Waals surface area (Å²) in [5.41, 5.74) is 1.30. The molecule has 0 N–H and O–H groups in total. The second kappa shape index (κ2) is 7.11. The number of nitrogens with zero attached hydrogens (tertiary/aromatic N) is 2. The van der Waals surface area contributed by atoms with Crippen LogP contribution in [-0.4, -0.2) is 32.2 Å². The molecule has 6 heteroatoms. The van der Waals surface area contributed by atoms with E-state index in [1.54, 1.807) is 50.7 Å². The highest BCUT2D eigenvalue weighted by atomic mass is 79.9. The molecule has 0 aliphatic heterocycles. The Bertz CT molecular complexity index is 938. The molecule has 0 unspecified atom stereocenters. The van der Waals surface area contributed by atoms with Crippen LogP contribution in [-0.2, 0) is 0 Å². The fourth-order valence-corrected chi connectivity index (χ4v) is 3.20. The van der Waals surface area contributed by atoms with Crippen molar-refractivity contribution in [2.24, 2.45) is 0 Å². The summed E-state index contributed by atoms with van der Waals surface area (Å²) < 4.78 is 11.2. The smallest absolute Gasteiger partial charge is 0.259 e. The molecule has 0 radical (unpaired) electrons. The molecule has 128 valence electrons. The quantitative estimate of drug-likeness (QED) is 0.655. The third-order valence-corrected chi connectivity index (χ3v) is 4.68. The van der Waals surface area contributed by atoms with E-state index >= 15 is 0 Å². The summed E-state index contributed by atoms with van der Waals surface area (Å²) in [5, 5.41) is 1.94. The number of carbonyl (C=O) groups is 1. The fourth-order valence-electron chi connectivity index (χ4n) is 2.71. The number of rotatable bonds is 4. The summed E-state index contributed by atoms with van der Waals surface area (Å²) in [4.78, 5) is 18.8. The van der Waals surface area contributed by atoms with E-state index < -0.39 is 0 Å².